The lowest BCUT2D eigenvalue weighted by molar-refractivity contribution is 0.142. The quantitative estimate of drug-likeness (QED) is 0.865. The standard InChI is InChI=1S/C15H20N4/c1-19-10-17-13-3-2-11(6-14(13)19)18-12-7-15(8-12)4-5-16-9-15/h2-3,6,10,12,16,18H,4-5,7-9H2,1H3. The third-order valence-electron chi connectivity index (χ3n) is 4.79. The minimum Gasteiger partial charge on any atom is -0.382 e. The van der Waals surface area contributed by atoms with E-state index < -0.39 is 0 Å². The van der Waals surface area contributed by atoms with Crippen molar-refractivity contribution >= 4 is 16.7 Å². The van der Waals surface area contributed by atoms with Crippen LogP contribution >= 0.6 is 0 Å². The van der Waals surface area contributed by atoms with Crippen molar-refractivity contribution in [1.82, 2.24) is 14.9 Å². The van der Waals surface area contributed by atoms with Crippen LogP contribution in [-0.2, 0) is 7.05 Å². The first-order valence-corrected chi connectivity index (χ1v) is 7.13. The summed E-state index contributed by atoms with van der Waals surface area (Å²) in [5.41, 5.74) is 4.09. The highest BCUT2D eigenvalue weighted by Crippen LogP contribution is 2.46. The molecule has 2 aliphatic rings. The molecule has 1 saturated carbocycles. The SMILES string of the molecule is Cn1cnc2ccc(NC3CC4(CCNC4)C3)cc21. The Kier molecular flexibility index (Phi) is 2.36. The number of aryl methyl sites for hydroxylation is 1. The molecule has 2 N–H and O–H groups in total. The van der Waals surface area contributed by atoms with Crippen LogP contribution in [0.5, 0.6) is 0 Å². The van der Waals surface area contributed by atoms with Gasteiger partial charge in [-0.1, -0.05) is 0 Å². The summed E-state index contributed by atoms with van der Waals surface area (Å²) in [7, 11) is 2.04. The van der Waals surface area contributed by atoms with Crippen molar-refractivity contribution in [2.45, 2.75) is 25.3 Å². The van der Waals surface area contributed by atoms with E-state index in [2.05, 4.69) is 38.4 Å². The third kappa shape index (κ3) is 1.82. The molecular weight excluding hydrogens is 236 g/mol. The molecule has 2 fully saturated rings. The largest absolute Gasteiger partial charge is 0.382 e. The first-order chi connectivity index (χ1) is 9.24. The summed E-state index contributed by atoms with van der Waals surface area (Å²) >= 11 is 0. The number of aromatic nitrogens is 2. The maximum atomic E-state index is 4.36. The van der Waals surface area contributed by atoms with Gasteiger partial charge in [0.1, 0.15) is 0 Å². The molecule has 4 nitrogen and oxygen atoms in total. The van der Waals surface area contributed by atoms with E-state index in [4.69, 9.17) is 0 Å². The molecule has 0 amide bonds. The summed E-state index contributed by atoms with van der Waals surface area (Å²) in [4.78, 5) is 4.36. The maximum Gasteiger partial charge on any atom is 0.0955 e. The molecule has 1 aliphatic carbocycles. The molecular formula is C15H20N4. The van der Waals surface area contributed by atoms with Crippen LogP contribution in [0.3, 0.4) is 0 Å². The van der Waals surface area contributed by atoms with Crippen LogP contribution in [0.2, 0.25) is 0 Å². The molecule has 0 atom stereocenters. The van der Waals surface area contributed by atoms with Crippen LogP contribution in [-0.4, -0.2) is 28.7 Å². The summed E-state index contributed by atoms with van der Waals surface area (Å²) in [5.74, 6) is 0. The summed E-state index contributed by atoms with van der Waals surface area (Å²) < 4.78 is 2.07. The normalized spacial score (nSPS) is 29.8. The molecule has 100 valence electrons. The van der Waals surface area contributed by atoms with Crippen molar-refractivity contribution in [2.75, 3.05) is 18.4 Å². The van der Waals surface area contributed by atoms with Gasteiger partial charge < -0.3 is 15.2 Å². The van der Waals surface area contributed by atoms with Gasteiger partial charge in [-0.2, -0.15) is 0 Å². The zero-order valence-electron chi connectivity index (χ0n) is 11.3. The Morgan fingerprint density at radius 1 is 1.42 bits per heavy atom. The minimum atomic E-state index is 0.605. The van der Waals surface area contributed by atoms with E-state index in [-0.39, 0.29) is 0 Å². The fourth-order valence-corrected chi connectivity index (χ4v) is 3.68. The molecule has 1 aromatic heterocycles. The first kappa shape index (κ1) is 11.3. The van der Waals surface area contributed by atoms with Crippen molar-refractivity contribution in [3.05, 3.63) is 24.5 Å². The van der Waals surface area contributed by atoms with Crippen LogP contribution < -0.4 is 10.6 Å². The van der Waals surface area contributed by atoms with Gasteiger partial charge in [0, 0.05) is 25.3 Å². The third-order valence-corrected chi connectivity index (χ3v) is 4.79. The van der Waals surface area contributed by atoms with Crippen LogP contribution in [0.25, 0.3) is 11.0 Å². The predicted molar refractivity (Wildman–Crippen MR) is 77.3 cm³/mol. The molecule has 1 aromatic carbocycles. The van der Waals surface area contributed by atoms with Gasteiger partial charge in [0.15, 0.2) is 0 Å². The lowest BCUT2D eigenvalue weighted by Gasteiger charge is -2.45. The van der Waals surface area contributed by atoms with Gasteiger partial charge in [-0.3, -0.25) is 0 Å². The van der Waals surface area contributed by atoms with Gasteiger partial charge in [0.05, 0.1) is 17.4 Å². The number of nitrogens with one attached hydrogen (secondary N) is 2. The summed E-state index contributed by atoms with van der Waals surface area (Å²) in [5, 5.41) is 7.16. The summed E-state index contributed by atoms with van der Waals surface area (Å²) in [6.07, 6.45) is 5.84. The van der Waals surface area contributed by atoms with E-state index in [0.717, 1.165) is 5.52 Å². The van der Waals surface area contributed by atoms with Gasteiger partial charge in [-0.05, 0) is 49.4 Å². The van der Waals surface area contributed by atoms with Gasteiger partial charge in [-0.25, -0.2) is 4.98 Å². The van der Waals surface area contributed by atoms with Gasteiger partial charge in [-0.15, -0.1) is 0 Å². The molecule has 1 aliphatic heterocycles. The van der Waals surface area contributed by atoms with Gasteiger partial charge in [0.2, 0.25) is 0 Å². The van der Waals surface area contributed by atoms with Crippen molar-refractivity contribution in [3.8, 4) is 0 Å². The number of nitrogens with zero attached hydrogens (tertiary/aromatic N) is 2. The monoisotopic (exact) mass is 256 g/mol. The van der Waals surface area contributed by atoms with Crippen molar-refractivity contribution in [3.63, 3.8) is 0 Å². The summed E-state index contributed by atoms with van der Waals surface area (Å²) in [6.45, 7) is 2.42. The number of fused-ring (bicyclic) bond motifs is 1. The smallest absolute Gasteiger partial charge is 0.0955 e. The Morgan fingerprint density at radius 3 is 3.11 bits per heavy atom. The minimum absolute atomic E-state index is 0.605. The molecule has 0 radical (unpaired) electrons. The molecule has 1 saturated heterocycles. The van der Waals surface area contributed by atoms with Crippen LogP contribution in [0.15, 0.2) is 24.5 Å². The average Bonchev–Trinajstić information content (AvgIpc) is 2.97. The Bertz CT molecular complexity index is 602. The van der Waals surface area contributed by atoms with Crippen molar-refractivity contribution in [2.24, 2.45) is 12.5 Å². The molecule has 2 aromatic rings. The number of rotatable bonds is 2. The number of hydrogen-bond acceptors (Lipinski definition) is 3. The second-order valence-electron chi connectivity index (χ2n) is 6.24. The van der Waals surface area contributed by atoms with E-state index in [1.54, 1.807) is 0 Å². The number of benzene rings is 1. The van der Waals surface area contributed by atoms with Crippen LogP contribution in [0, 0.1) is 5.41 Å². The second-order valence-corrected chi connectivity index (χ2v) is 6.24. The maximum absolute atomic E-state index is 4.36. The van der Waals surface area contributed by atoms with Crippen LogP contribution in [0.1, 0.15) is 19.3 Å². The van der Waals surface area contributed by atoms with E-state index in [0.29, 0.717) is 11.5 Å². The number of imidazole rings is 1. The Labute approximate surface area is 113 Å². The second kappa shape index (κ2) is 3.97. The highest BCUT2D eigenvalue weighted by atomic mass is 15.0. The highest BCUT2D eigenvalue weighted by Gasteiger charge is 2.45. The highest BCUT2D eigenvalue weighted by molar-refractivity contribution is 5.79. The van der Waals surface area contributed by atoms with E-state index in [9.17, 15) is 0 Å². The molecule has 1 spiro atoms. The molecule has 0 bridgehead atoms. The van der Waals surface area contributed by atoms with E-state index in [1.165, 1.54) is 43.6 Å². The molecule has 19 heavy (non-hydrogen) atoms. The Hall–Kier alpha value is -1.55. The zero-order valence-corrected chi connectivity index (χ0v) is 11.3. The lowest BCUT2D eigenvalue weighted by Crippen LogP contribution is -2.46. The molecule has 4 rings (SSSR count). The van der Waals surface area contributed by atoms with Crippen LogP contribution in [0.4, 0.5) is 5.69 Å². The summed E-state index contributed by atoms with van der Waals surface area (Å²) in [6, 6.07) is 7.10. The molecule has 2 heterocycles. The van der Waals surface area contributed by atoms with Gasteiger partial charge in [0.25, 0.3) is 0 Å². The van der Waals surface area contributed by atoms with Gasteiger partial charge >= 0.3 is 0 Å². The fourth-order valence-electron chi connectivity index (χ4n) is 3.68. The number of anilines is 1. The fraction of sp³-hybridized carbons (Fsp3) is 0.533. The Morgan fingerprint density at radius 2 is 2.32 bits per heavy atom. The van der Waals surface area contributed by atoms with E-state index >= 15 is 0 Å². The first-order valence-electron chi connectivity index (χ1n) is 7.13. The number of hydrogen-bond donors (Lipinski definition) is 2. The molecule has 0 unspecified atom stereocenters. The molecule has 4 heteroatoms. The van der Waals surface area contributed by atoms with Crippen molar-refractivity contribution in [1.29, 1.82) is 0 Å². The predicted octanol–water partition coefficient (Wildman–Crippen LogP) is 2.13. The lowest BCUT2D eigenvalue weighted by atomic mass is 9.65. The Balaban J connectivity index is 1.48. The topological polar surface area (TPSA) is 41.9 Å². The zero-order chi connectivity index (χ0) is 12.9. The van der Waals surface area contributed by atoms with E-state index in [1.807, 2.05) is 13.4 Å². The van der Waals surface area contributed by atoms with Crippen molar-refractivity contribution < 1.29 is 0 Å². The average molecular weight is 256 g/mol.